The Morgan fingerprint density at radius 2 is 1.88 bits per heavy atom. The molecule has 0 unspecified atom stereocenters. The topological polar surface area (TPSA) is 58.6 Å². The van der Waals surface area contributed by atoms with Gasteiger partial charge in [-0.1, -0.05) is 54.2 Å². The Morgan fingerprint density at radius 1 is 1.12 bits per heavy atom. The molecule has 1 aliphatic rings. The molecule has 3 rings (SSSR count). The molecular weight excluding hydrogens is 479 g/mol. The lowest BCUT2D eigenvalue weighted by Gasteiger charge is -2.30. The van der Waals surface area contributed by atoms with Crippen LogP contribution in [0, 0.1) is 0 Å². The molecule has 2 amide bonds. The SMILES string of the molecule is COc1cccc(CN(C(=O)CSCc2ccc(Cl)c(Cl)c2)[C@@H](C)C(=O)NC2CCCC2)c1. The van der Waals surface area contributed by atoms with E-state index in [9.17, 15) is 9.59 Å². The van der Waals surface area contributed by atoms with Crippen molar-refractivity contribution in [2.75, 3.05) is 12.9 Å². The maximum absolute atomic E-state index is 13.2. The standard InChI is InChI=1S/C25H30Cl2N2O3S/c1-17(25(31)28-20-7-3-4-8-20)29(14-18-6-5-9-21(12-18)32-2)24(30)16-33-15-19-10-11-22(26)23(27)13-19/h5-6,9-13,17,20H,3-4,7-8,14-16H2,1-2H3,(H,28,31)/t17-/m0/s1. The van der Waals surface area contributed by atoms with Crippen molar-refractivity contribution in [2.24, 2.45) is 0 Å². The van der Waals surface area contributed by atoms with Crippen molar-refractivity contribution in [1.82, 2.24) is 10.2 Å². The van der Waals surface area contributed by atoms with Gasteiger partial charge in [-0.2, -0.15) is 0 Å². The van der Waals surface area contributed by atoms with Crippen molar-refractivity contribution in [3.8, 4) is 5.75 Å². The molecule has 0 saturated heterocycles. The average molecular weight is 509 g/mol. The molecule has 5 nitrogen and oxygen atoms in total. The van der Waals surface area contributed by atoms with Crippen molar-refractivity contribution >= 4 is 46.8 Å². The molecule has 0 aliphatic heterocycles. The Hall–Kier alpha value is -1.89. The number of rotatable bonds is 10. The van der Waals surface area contributed by atoms with Crippen LogP contribution in [0.3, 0.4) is 0 Å². The third-order valence-corrected chi connectivity index (χ3v) is 7.56. The lowest BCUT2D eigenvalue weighted by molar-refractivity contribution is -0.138. The van der Waals surface area contributed by atoms with Crippen LogP contribution in [0.15, 0.2) is 42.5 Å². The fourth-order valence-electron chi connectivity index (χ4n) is 3.91. The number of carbonyl (C=O) groups excluding carboxylic acids is 2. The summed E-state index contributed by atoms with van der Waals surface area (Å²) in [5.74, 6) is 1.41. The second-order valence-electron chi connectivity index (χ2n) is 8.28. The molecule has 33 heavy (non-hydrogen) atoms. The first-order valence-corrected chi connectivity index (χ1v) is 13.0. The fourth-order valence-corrected chi connectivity index (χ4v) is 5.09. The van der Waals surface area contributed by atoms with Crippen LogP contribution in [0.1, 0.15) is 43.7 Å². The number of hydrogen-bond donors (Lipinski definition) is 1. The van der Waals surface area contributed by atoms with Gasteiger partial charge >= 0.3 is 0 Å². The van der Waals surface area contributed by atoms with Crippen molar-refractivity contribution in [2.45, 2.75) is 57.0 Å². The lowest BCUT2D eigenvalue weighted by atomic mass is 10.1. The van der Waals surface area contributed by atoms with Gasteiger partial charge in [-0.05, 0) is 55.2 Å². The van der Waals surface area contributed by atoms with Gasteiger partial charge in [0.2, 0.25) is 11.8 Å². The summed E-state index contributed by atoms with van der Waals surface area (Å²) in [6.07, 6.45) is 4.28. The Morgan fingerprint density at radius 3 is 2.58 bits per heavy atom. The van der Waals surface area contributed by atoms with E-state index < -0.39 is 6.04 Å². The Kier molecular flexibility index (Phi) is 9.78. The van der Waals surface area contributed by atoms with Gasteiger partial charge < -0.3 is 15.0 Å². The second-order valence-corrected chi connectivity index (χ2v) is 10.1. The summed E-state index contributed by atoms with van der Waals surface area (Å²) in [5, 5.41) is 4.13. The number of carbonyl (C=O) groups is 2. The maximum Gasteiger partial charge on any atom is 0.242 e. The quantitative estimate of drug-likeness (QED) is 0.446. The molecule has 0 heterocycles. The predicted octanol–water partition coefficient (Wildman–Crippen LogP) is 5.71. The zero-order chi connectivity index (χ0) is 23.8. The fraction of sp³-hybridized carbons (Fsp3) is 0.440. The van der Waals surface area contributed by atoms with Crippen LogP contribution in [0.25, 0.3) is 0 Å². The van der Waals surface area contributed by atoms with Gasteiger partial charge in [0.1, 0.15) is 11.8 Å². The van der Waals surface area contributed by atoms with Gasteiger partial charge in [0.15, 0.2) is 0 Å². The van der Waals surface area contributed by atoms with Crippen molar-refractivity contribution in [1.29, 1.82) is 0 Å². The van der Waals surface area contributed by atoms with Gasteiger partial charge in [-0.15, -0.1) is 11.8 Å². The molecule has 1 saturated carbocycles. The van der Waals surface area contributed by atoms with Gasteiger partial charge in [-0.3, -0.25) is 9.59 Å². The minimum atomic E-state index is -0.574. The van der Waals surface area contributed by atoms with Crippen LogP contribution in [0.2, 0.25) is 10.0 Å². The zero-order valence-corrected chi connectivity index (χ0v) is 21.3. The summed E-state index contributed by atoms with van der Waals surface area (Å²) in [6, 6.07) is 12.7. The highest BCUT2D eigenvalue weighted by molar-refractivity contribution is 7.99. The monoisotopic (exact) mass is 508 g/mol. The molecule has 1 aliphatic carbocycles. The van der Waals surface area contributed by atoms with Crippen LogP contribution in [-0.2, 0) is 21.9 Å². The Balaban J connectivity index is 1.67. The van der Waals surface area contributed by atoms with E-state index in [-0.39, 0.29) is 23.6 Å². The summed E-state index contributed by atoms with van der Waals surface area (Å²) in [6.45, 7) is 2.13. The summed E-state index contributed by atoms with van der Waals surface area (Å²) in [4.78, 5) is 27.9. The van der Waals surface area contributed by atoms with Crippen LogP contribution < -0.4 is 10.1 Å². The second kappa shape index (κ2) is 12.5. The van der Waals surface area contributed by atoms with Gasteiger partial charge in [0.25, 0.3) is 0 Å². The molecule has 0 aromatic heterocycles. The molecule has 178 valence electrons. The average Bonchev–Trinajstić information content (AvgIpc) is 3.32. The minimum absolute atomic E-state index is 0.0862. The van der Waals surface area contributed by atoms with Crippen LogP contribution >= 0.6 is 35.0 Å². The molecule has 2 aromatic carbocycles. The van der Waals surface area contributed by atoms with Crippen LogP contribution in [-0.4, -0.2) is 41.7 Å². The number of methoxy groups -OCH3 is 1. The smallest absolute Gasteiger partial charge is 0.242 e. The minimum Gasteiger partial charge on any atom is -0.497 e. The molecule has 1 N–H and O–H groups in total. The van der Waals surface area contributed by atoms with E-state index in [4.69, 9.17) is 27.9 Å². The van der Waals surface area contributed by atoms with Gasteiger partial charge in [-0.25, -0.2) is 0 Å². The molecule has 0 bridgehead atoms. The highest BCUT2D eigenvalue weighted by Gasteiger charge is 2.28. The molecule has 0 radical (unpaired) electrons. The number of nitrogens with zero attached hydrogens (tertiary/aromatic N) is 1. The summed E-state index contributed by atoms with van der Waals surface area (Å²) < 4.78 is 5.32. The largest absolute Gasteiger partial charge is 0.497 e. The number of benzene rings is 2. The van der Waals surface area contributed by atoms with E-state index >= 15 is 0 Å². The summed E-state index contributed by atoms with van der Waals surface area (Å²) in [5.41, 5.74) is 1.91. The predicted molar refractivity (Wildman–Crippen MR) is 136 cm³/mol. The maximum atomic E-state index is 13.2. The third kappa shape index (κ3) is 7.56. The number of hydrogen-bond acceptors (Lipinski definition) is 4. The molecule has 2 aromatic rings. The van der Waals surface area contributed by atoms with Crippen molar-refractivity contribution in [3.63, 3.8) is 0 Å². The van der Waals surface area contributed by atoms with E-state index in [1.165, 1.54) is 11.8 Å². The Bertz CT molecular complexity index is 966. The molecular formula is C25H30Cl2N2O3S. The van der Waals surface area contributed by atoms with E-state index in [2.05, 4.69) is 5.32 Å². The first-order valence-electron chi connectivity index (χ1n) is 11.1. The third-order valence-electron chi connectivity index (χ3n) is 5.83. The van der Waals surface area contributed by atoms with E-state index in [0.717, 1.165) is 42.6 Å². The van der Waals surface area contributed by atoms with E-state index in [0.29, 0.717) is 22.3 Å². The lowest BCUT2D eigenvalue weighted by Crippen LogP contribution is -2.50. The van der Waals surface area contributed by atoms with E-state index in [1.807, 2.05) is 36.4 Å². The highest BCUT2D eigenvalue weighted by Crippen LogP contribution is 2.25. The number of amides is 2. The first kappa shape index (κ1) is 25.7. The van der Waals surface area contributed by atoms with Crippen LogP contribution in [0.5, 0.6) is 5.75 Å². The molecule has 8 heteroatoms. The number of thioether (sulfide) groups is 1. The number of halogens is 2. The van der Waals surface area contributed by atoms with Crippen LogP contribution in [0.4, 0.5) is 0 Å². The number of nitrogens with one attached hydrogen (secondary N) is 1. The molecule has 0 spiro atoms. The first-order chi connectivity index (χ1) is 15.9. The summed E-state index contributed by atoms with van der Waals surface area (Å²) in [7, 11) is 1.61. The highest BCUT2D eigenvalue weighted by atomic mass is 35.5. The molecule has 1 fully saturated rings. The zero-order valence-electron chi connectivity index (χ0n) is 19.0. The van der Waals surface area contributed by atoms with E-state index in [1.54, 1.807) is 25.0 Å². The Labute approximate surface area is 210 Å². The van der Waals surface area contributed by atoms with Crippen molar-refractivity contribution < 1.29 is 14.3 Å². The summed E-state index contributed by atoms with van der Waals surface area (Å²) >= 11 is 13.6. The normalized spacial score (nSPS) is 14.7. The number of ether oxygens (including phenoxy) is 1. The van der Waals surface area contributed by atoms with Crippen molar-refractivity contribution in [3.05, 3.63) is 63.6 Å². The van der Waals surface area contributed by atoms with Gasteiger partial charge in [0, 0.05) is 18.3 Å². The molecule has 1 atom stereocenters. The van der Waals surface area contributed by atoms with Gasteiger partial charge in [0.05, 0.1) is 22.9 Å².